The molecule has 2 fully saturated rings. The molecule has 8 heteroatoms. The average molecular weight is 467 g/mol. The van der Waals surface area contributed by atoms with E-state index in [1.54, 1.807) is 19.2 Å². The molecule has 1 heterocycles. The number of benzene rings is 1. The predicted molar refractivity (Wildman–Crippen MR) is 120 cm³/mol. The molecule has 0 bridgehead atoms. The normalized spacial score (nSPS) is 24.5. The molecule has 0 unspecified atom stereocenters. The molecular weight excluding hydrogens is 434 g/mol. The third-order valence-corrected chi connectivity index (χ3v) is 9.15. The number of carbonyl (C=O) groups is 1. The number of amides is 1. The second-order valence-electron chi connectivity index (χ2n) is 9.43. The zero-order valence-corrected chi connectivity index (χ0v) is 19.6. The van der Waals surface area contributed by atoms with Gasteiger partial charge >= 0.3 is 0 Å². The maximum absolute atomic E-state index is 13.8. The van der Waals surface area contributed by atoms with E-state index in [0.29, 0.717) is 19.4 Å². The lowest BCUT2D eigenvalue weighted by Gasteiger charge is -2.37. The van der Waals surface area contributed by atoms with Crippen molar-refractivity contribution in [3.05, 3.63) is 35.4 Å². The summed E-state index contributed by atoms with van der Waals surface area (Å²) in [6.07, 6.45) is 5.99. The Morgan fingerprint density at radius 3 is 2.53 bits per heavy atom. The summed E-state index contributed by atoms with van der Waals surface area (Å²) in [6, 6.07) is 4.33. The van der Waals surface area contributed by atoms with Crippen molar-refractivity contribution in [2.24, 2.45) is 0 Å². The Kier molecular flexibility index (Phi) is 6.47. The van der Waals surface area contributed by atoms with E-state index in [0.717, 1.165) is 36.0 Å². The molecule has 0 aromatic heterocycles. The van der Waals surface area contributed by atoms with Crippen molar-refractivity contribution in [3.63, 3.8) is 0 Å². The summed E-state index contributed by atoms with van der Waals surface area (Å²) in [5.74, 6) is -2.95. The predicted octanol–water partition coefficient (Wildman–Crippen LogP) is 4.75. The van der Waals surface area contributed by atoms with Crippen molar-refractivity contribution in [1.29, 1.82) is 0 Å². The van der Waals surface area contributed by atoms with Crippen LogP contribution in [-0.4, -0.2) is 55.1 Å². The lowest BCUT2D eigenvalue weighted by Crippen LogP contribution is -2.50. The van der Waals surface area contributed by atoms with Crippen LogP contribution in [0, 0.1) is 6.92 Å². The molecule has 0 spiro atoms. The number of sulfonamides is 1. The van der Waals surface area contributed by atoms with Crippen LogP contribution in [0.1, 0.15) is 68.9 Å². The van der Waals surface area contributed by atoms with E-state index in [1.807, 2.05) is 13.0 Å². The molecule has 1 aromatic carbocycles. The van der Waals surface area contributed by atoms with Gasteiger partial charge in [-0.25, -0.2) is 17.2 Å². The highest BCUT2D eigenvalue weighted by Gasteiger charge is 2.44. The Labute approximate surface area is 189 Å². The second kappa shape index (κ2) is 8.86. The number of hydrogen-bond donors (Lipinski definition) is 0. The van der Waals surface area contributed by atoms with Crippen molar-refractivity contribution in [2.75, 3.05) is 13.6 Å². The number of likely N-dealkylation sites (N-methyl/N-ethyl adjacent to an activating group) is 1. The van der Waals surface area contributed by atoms with Gasteiger partial charge in [0.1, 0.15) is 6.04 Å². The van der Waals surface area contributed by atoms with Gasteiger partial charge in [-0.1, -0.05) is 23.8 Å². The van der Waals surface area contributed by atoms with Crippen LogP contribution in [0.3, 0.4) is 0 Å². The minimum absolute atomic E-state index is 0.232. The van der Waals surface area contributed by atoms with Crippen LogP contribution in [-0.2, 0) is 14.8 Å². The van der Waals surface area contributed by atoms with Crippen LogP contribution < -0.4 is 0 Å². The van der Waals surface area contributed by atoms with Gasteiger partial charge in [0, 0.05) is 32.5 Å². The van der Waals surface area contributed by atoms with Crippen LogP contribution in [0.25, 0.3) is 5.57 Å². The summed E-state index contributed by atoms with van der Waals surface area (Å²) in [7, 11) is -2.25. The van der Waals surface area contributed by atoms with Crippen LogP contribution in [0.15, 0.2) is 29.2 Å². The minimum Gasteiger partial charge on any atom is -0.341 e. The smallest absolute Gasteiger partial charge is 0.248 e. The summed E-state index contributed by atoms with van der Waals surface area (Å²) < 4.78 is 55.9. The largest absolute Gasteiger partial charge is 0.341 e. The average Bonchev–Trinajstić information content (AvgIpc) is 3.45. The van der Waals surface area contributed by atoms with Crippen LogP contribution >= 0.6 is 0 Å². The highest BCUT2D eigenvalue weighted by molar-refractivity contribution is 7.89. The number of nitrogens with zero attached hydrogens (tertiary/aromatic N) is 2. The minimum atomic E-state index is -3.88. The molecule has 176 valence electrons. The maximum Gasteiger partial charge on any atom is 0.248 e. The van der Waals surface area contributed by atoms with Crippen LogP contribution in [0.4, 0.5) is 8.78 Å². The first-order valence-electron chi connectivity index (χ1n) is 11.6. The molecule has 0 N–H and O–H groups in total. The van der Waals surface area contributed by atoms with Gasteiger partial charge < -0.3 is 4.90 Å². The Morgan fingerprint density at radius 1 is 1.16 bits per heavy atom. The molecule has 4 rings (SSSR count). The van der Waals surface area contributed by atoms with Crippen molar-refractivity contribution >= 4 is 21.5 Å². The highest BCUT2D eigenvalue weighted by atomic mass is 32.2. The number of allylic oxidation sites excluding steroid dienone is 2. The fourth-order valence-corrected chi connectivity index (χ4v) is 7.12. The first kappa shape index (κ1) is 23.4. The number of carbonyl (C=O) groups excluding carboxylic acids is 1. The highest BCUT2D eigenvalue weighted by Crippen LogP contribution is 2.38. The molecular formula is C24H32F2N2O3S. The van der Waals surface area contributed by atoms with E-state index < -0.39 is 22.0 Å². The van der Waals surface area contributed by atoms with Crippen molar-refractivity contribution < 1.29 is 22.0 Å². The molecule has 1 atom stereocenters. The Bertz CT molecular complexity index is 1010. The van der Waals surface area contributed by atoms with Gasteiger partial charge in [0.2, 0.25) is 21.9 Å². The topological polar surface area (TPSA) is 57.7 Å². The molecule has 3 aliphatic rings. The summed E-state index contributed by atoms with van der Waals surface area (Å²) in [4.78, 5) is 15.1. The van der Waals surface area contributed by atoms with Crippen molar-refractivity contribution in [1.82, 2.24) is 9.21 Å². The summed E-state index contributed by atoms with van der Waals surface area (Å²) in [6.45, 7) is 2.24. The van der Waals surface area contributed by atoms with Gasteiger partial charge in [0.25, 0.3) is 0 Å². The maximum atomic E-state index is 13.8. The fourth-order valence-electron chi connectivity index (χ4n) is 5.26. The van der Waals surface area contributed by atoms with Gasteiger partial charge in [0.15, 0.2) is 0 Å². The van der Waals surface area contributed by atoms with E-state index in [1.165, 1.54) is 9.21 Å². The van der Waals surface area contributed by atoms with E-state index in [4.69, 9.17) is 0 Å². The molecule has 1 amide bonds. The third kappa shape index (κ3) is 4.49. The third-order valence-electron chi connectivity index (χ3n) is 7.18. The van der Waals surface area contributed by atoms with Crippen LogP contribution in [0.5, 0.6) is 0 Å². The SMILES string of the molecule is Cc1ccc(S(=O)(=O)N2CCC[C@H]2C(=O)N(C)C2CCC(F)(F)CC2)c(C2=CCCC2)c1. The lowest BCUT2D eigenvalue weighted by molar-refractivity contribution is -0.138. The van der Waals surface area contributed by atoms with Gasteiger partial charge in [-0.15, -0.1) is 0 Å². The van der Waals surface area contributed by atoms with Crippen LogP contribution in [0.2, 0.25) is 0 Å². The number of alkyl halides is 2. The molecule has 0 radical (unpaired) electrons. The number of halogens is 2. The summed E-state index contributed by atoms with van der Waals surface area (Å²) in [5.41, 5.74) is 2.78. The molecule has 2 aliphatic carbocycles. The molecule has 1 saturated heterocycles. The molecule has 5 nitrogen and oxygen atoms in total. The molecule has 32 heavy (non-hydrogen) atoms. The first-order valence-corrected chi connectivity index (χ1v) is 13.0. The number of hydrogen-bond acceptors (Lipinski definition) is 3. The summed E-state index contributed by atoms with van der Waals surface area (Å²) in [5, 5.41) is 0. The zero-order valence-electron chi connectivity index (χ0n) is 18.8. The number of aryl methyl sites for hydroxylation is 1. The standard InChI is InChI=1S/C24H32F2N2O3S/c1-17-9-10-22(20(16-17)18-6-3-4-7-18)32(30,31)28-15-5-8-21(28)23(29)27(2)19-11-13-24(25,26)14-12-19/h6,9-10,16,19,21H,3-5,7-8,11-15H2,1-2H3/t21-/m0/s1. The van der Waals surface area contributed by atoms with Gasteiger partial charge in [0.05, 0.1) is 4.90 Å². The lowest BCUT2D eigenvalue weighted by atomic mass is 9.91. The van der Waals surface area contributed by atoms with Crippen molar-refractivity contribution in [2.45, 2.75) is 87.6 Å². The van der Waals surface area contributed by atoms with Gasteiger partial charge in [-0.3, -0.25) is 4.79 Å². The zero-order chi connectivity index (χ0) is 23.1. The Hall–Kier alpha value is -1.80. The molecule has 1 aromatic rings. The molecule has 1 saturated carbocycles. The summed E-state index contributed by atoms with van der Waals surface area (Å²) >= 11 is 0. The molecule has 1 aliphatic heterocycles. The Balaban J connectivity index is 1.59. The van der Waals surface area contributed by atoms with E-state index in [9.17, 15) is 22.0 Å². The Morgan fingerprint density at radius 2 is 1.88 bits per heavy atom. The quantitative estimate of drug-likeness (QED) is 0.629. The fraction of sp³-hybridized carbons (Fsp3) is 0.625. The van der Waals surface area contributed by atoms with E-state index in [-0.39, 0.29) is 42.5 Å². The van der Waals surface area contributed by atoms with Gasteiger partial charge in [-0.2, -0.15) is 4.31 Å². The van der Waals surface area contributed by atoms with E-state index >= 15 is 0 Å². The first-order chi connectivity index (χ1) is 15.1. The van der Waals surface area contributed by atoms with E-state index in [2.05, 4.69) is 6.08 Å². The monoisotopic (exact) mass is 466 g/mol. The van der Waals surface area contributed by atoms with Gasteiger partial charge in [-0.05, 0) is 69.1 Å². The second-order valence-corrected chi connectivity index (χ2v) is 11.3. The van der Waals surface area contributed by atoms with Crippen molar-refractivity contribution in [3.8, 4) is 0 Å². The number of rotatable bonds is 5.